The fourth-order valence-corrected chi connectivity index (χ4v) is 2.90. The Hall–Kier alpha value is -3.24. The van der Waals surface area contributed by atoms with Crippen LogP contribution in [0.15, 0.2) is 78.9 Å². The zero-order valence-electron chi connectivity index (χ0n) is 16.1. The minimum Gasteiger partial charge on any atom is -0.324 e. The highest BCUT2D eigenvalue weighted by molar-refractivity contribution is 6.14. The van der Waals surface area contributed by atoms with Gasteiger partial charge in [0.2, 0.25) is 5.91 Å². The number of amides is 1. The Kier molecular flexibility index (Phi) is 6.35. The number of benzene rings is 3. The Labute approximate surface area is 165 Å². The molecule has 3 aromatic carbocycles. The van der Waals surface area contributed by atoms with Gasteiger partial charge in [0.25, 0.3) is 0 Å². The van der Waals surface area contributed by atoms with E-state index in [9.17, 15) is 9.59 Å². The van der Waals surface area contributed by atoms with Gasteiger partial charge in [0.1, 0.15) is 0 Å². The first-order valence-electron chi connectivity index (χ1n) is 9.33. The predicted octanol–water partition coefficient (Wildman–Crippen LogP) is 4.34. The second-order valence-electron chi connectivity index (χ2n) is 6.82. The topological polar surface area (TPSA) is 58.2 Å². The van der Waals surface area contributed by atoms with Gasteiger partial charge >= 0.3 is 0 Å². The first kappa shape index (κ1) is 19.5. The monoisotopic (exact) mass is 372 g/mol. The van der Waals surface area contributed by atoms with Gasteiger partial charge in [-0.15, -0.1) is 0 Å². The van der Waals surface area contributed by atoms with E-state index >= 15 is 0 Å². The van der Waals surface area contributed by atoms with Crippen LogP contribution in [0.2, 0.25) is 0 Å². The minimum absolute atomic E-state index is 0.107. The first-order valence-corrected chi connectivity index (χ1v) is 9.33. The van der Waals surface area contributed by atoms with E-state index in [1.54, 1.807) is 18.2 Å². The molecule has 2 N–H and O–H groups in total. The third-order valence-corrected chi connectivity index (χ3v) is 4.56. The van der Waals surface area contributed by atoms with E-state index in [1.807, 2.05) is 74.5 Å². The van der Waals surface area contributed by atoms with Gasteiger partial charge in [0.15, 0.2) is 5.78 Å². The number of hydrogen-bond acceptors (Lipinski definition) is 3. The van der Waals surface area contributed by atoms with Crippen LogP contribution < -0.4 is 10.6 Å². The molecular weight excluding hydrogens is 348 g/mol. The standard InChI is InChI=1S/C24H24N2O2/c1-17-13-14-22(21(15-17)23(27)20-11-7-4-8-12-20)26-24(28)18(2)25-16-19-9-5-3-6-10-19/h3-15,18,25H,16H2,1-2H3,(H,26,28). The third-order valence-electron chi connectivity index (χ3n) is 4.56. The van der Waals surface area contributed by atoms with E-state index in [0.29, 0.717) is 23.4 Å². The summed E-state index contributed by atoms with van der Waals surface area (Å²) < 4.78 is 0. The molecule has 1 amide bonds. The molecule has 0 aliphatic carbocycles. The number of carbonyl (C=O) groups excluding carboxylic acids is 2. The van der Waals surface area contributed by atoms with Crippen LogP contribution in [-0.4, -0.2) is 17.7 Å². The molecule has 0 bridgehead atoms. The number of nitrogens with one attached hydrogen (secondary N) is 2. The van der Waals surface area contributed by atoms with Crippen LogP contribution in [-0.2, 0) is 11.3 Å². The van der Waals surface area contributed by atoms with Crippen LogP contribution >= 0.6 is 0 Å². The van der Waals surface area contributed by atoms with Crippen LogP contribution in [0.3, 0.4) is 0 Å². The van der Waals surface area contributed by atoms with Crippen LogP contribution in [0.25, 0.3) is 0 Å². The van der Waals surface area contributed by atoms with Crippen LogP contribution in [0.5, 0.6) is 0 Å². The van der Waals surface area contributed by atoms with Gasteiger partial charge in [-0.2, -0.15) is 0 Å². The van der Waals surface area contributed by atoms with Crippen molar-refractivity contribution in [2.75, 3.05) is 5.32 Å². The lowest BCUT2D eigenvalue weighted by Crippen LogP contribution is -2.37. The fourth-order valence-electron chi connectivity index (χ4n) is 2.90. The largest absolute Gasteiger partial charge is 0.324 e. The Bertz CT molecular complexity index is 953. The smallest absolute Gasteiger partial charge is 0.241 e. The van der Waals surface area contributed by atoms with Crippen molar-refractivity contribution < 1.29 is 9.59 Å². The highest BCUT2D eigenvalue weighted by atomic mass is 16.2. The quantitative estimate of drug-likeness (QED) is 0.607. The van der Waals surface area contributed by atoms with Crippen molar-refractivity contribution in [1.82, 2.24) is 5.32 Å². The van der Waals surface area contributed by atoms with E-state index in [0.717, 1.165) is 11.1 Å². The lowest BCUT2D eigenvalue weighted by molar-refractivity contribution is -0.117. The molecule has 0 saturated heterocycles. The molecule has 0 saturated carbocycles. The van der Waals surface area contributed by atoms with E-state index in [-0.39, 0.29) is 11.7 Å². The van der Waals surface area contributed by atoms with E-state index in [1.165, 1.54) is 0 Å². The molecule has 3 aromatic rings. The SMILES string of the molecule is Cc1ccc(NC(=O)C(C)NCc2ccccc2)c(C(=O)c2ccccc2)c1. The molecule has 0 fully saturated rings. The van der Waals surface area contributed by atoms with Gasteiger partial charge in [-0.1, -0.05) is 72.3 Å². The molecule has 0 heterocycles. The second-order valence-corrected chi connectivity index (χ2v) is 6.82. The number of aryl methyl sites for hydroxylation is 1. The summed E-state index contributed by atoms with van der Waals surface area (Å²) in [5, 5.41) is 6.12. The summed E-state index contributed by atoms with van der Waals surface area (Å²) in [6.07, 6.45) is 0. The van der Waals surface area contributed by atoms with Gasteiger partial charge < -0.3 is 10.6 Å². The zero-order valence-corrected chi connectivity index (χ0v) is 16.1. The van der Waals surface area contributed by atoms with Crippen LogP contribution in [0, 0.1) is 6.92 Å². The maximum Gasteiger partial charge on any atom is 0.241 e. The van der Waals surface area contributed by atoms with Crippen molar-refractivity contribution in [2.24, 2.45) is 0 Å². The number of rotatable bonds is 7. The van der Waals surface area contributed by atoms with Crippen molar-refractivity contribution >= 4 is 17.4 Å². The minimum atomic E-state index is -0.402. The second kappa shape index (κ2) is 9.11. The maximum absolute atomic E-state index is 12.9. The van der Waals surface area contributed by atoms with Crippen LogP contribution in [0.1, 0.15) is 34.0 Å². The van der Waals surface area contributed by atoms with Crippen molar-refractivity contribution in [3.63, 3.8) is 0 Å². The zero-order chi connectivity index (χ0) is 19.9. The number of ketones is 1. The normalized spacial score (nSPS) is 11.6. The molecule has 0 aliphatic heterocycles. The summed E-state index contributed by atoms with van der Waals surface area (Å²) >= 11 is 0. The van der Waals surface area contributed by atoms with Gasteiger partial charge in [-0.05, 0) is 31.5 Å². The Morgan fingerprint density at radius 1 is 0.893 bits per heavy atom. The summed E-state index contributed by atoms with van der Waals surface area (Å²) in [6, 6.07) is 24.1. The fraction of sp³-hybridized carbons (Fsp3) is 0.167. The number of hydrogen-bond donors (Lipinski definition) is 2. The summed E-state index contributed by atoms with van der Waals surface area (Å²) in [4.78, 5) is 25.6. The van der Waals surface area contributed by atoms with Gasteiger partial charge in [0, 0.05) is 17.7 Å². The molecule has 28 heavy (non-hydrogen) atoms. The van der Waals surface area contributed by atoms with Crippen molar-refractivity contribution in [2.45, 2.75) is 26.4 Å². The number of anilines is 1. The molecular formula is C24H24N2O2. The lowest BCUT2D eigenvalue weighted by Gasteiger charge is -2.16. The third kappa shape index (κ3) is 4.93. The molecule has 0 aromatic heterocycles. The van der Waals surface area contributed by atoms with Gasteiger partial charge in [0.05, 0.1) is 11.7 Å². The average molecular weight is 372 g/mol. The van der Waals surface area contributed by atoms with E-state index in [2.05, 4.69) is 10.6 Å². The predicted molar refractivity (Wildman–Crippen MR) is 112 cm³/mol. The summed E-state index contributed by atoms with van der Waals surface area (Å²) in [5.74, 6) is -0.286. The molecule has 1 unspecified atom stereocenters. The Morgan fingerprint density at radius 2 is 1.54 bits per heavy atom. The summed E-state index contributed by atoms with van der Waals surface area (Å²) in [5.41, 5.74) is 3.69. The molecule has 1 atom stereocenters. The average Bonchev–Trinajstić information content (AvgIpc) is 2.74. The highest BCUT2D eigenvalue weighted by Gasteiger charge is 2.18. The lowest BCUT2D eigenvalue weighted by atomic mass is 9.99. The first-order chi connectivity index (χ1) is 13.5. The molecule has 4 heteroatoms. The molecule has 4 nitrogen and oxygen atoms in total. The number of carbonyl (C=O) groups is 2. The Balaban J connectivity index is 1.73. The van der Waals surface area contributed by atoms with Gasteiger partial charge in [-0.25, -0.2) is 0 Å². The molecule has 0 spiro atoms. The van der Waals surface area contributed by atoms with Crippen molar-refractivity contribution in [1.29, 1.82) is 0 Å². The van der Waals surface area contributed by atoms with E-state index < -0.39 is 6.04 Å². The van der Waals surface area contributed by atoms with Gasteiger partial charge in [-0.3, -0.25) is 9.59 Å². The van der Waals surface area contributed by atoms with E-state index in [4.69, 9.17) is 0 Å². The Morgan fingerprint density at radius 3 is 2.21 bits per heavy atom. The molecule has 3 rings (SSSR count). The highest BCUT2D eigenvalue weighted by Crippen LogP contribution is 2.21. The van der Waals surface area contributed by atoms with Crippen molar-refractivity contribution in [3.8, 4) is 0 Å². The molecule has 0 aliphatic rings. The maximum atomic E-state index is 12.9. The van der Waals surface area contributed by atoms with Crippen LogP contribution in [0.4, 0.5) is 5.69 Å². The summed E-state index contributed by atoms with van der Waals surface area (Å²) in [6.45, 7) is 4.34. The summed E-state index contributed by atoms with van der Waals surface area (Å²) in [7, 11) is 0. The molecule has 142 valence electrons. The van der Waals surface area contributed by atoms with Crippen molar-refractivity contribution in [3.05, 3.63) is 101 Å². The molecule has 0 radical (unpaired) electrons.